The zero-order chi connectivity index (χ0) is 17.3. The van der Waals surface area contributed by atoms with Crippen molar-refractivity contribution in [3.63, 3.8) is 0 Å². The van der Waals surface area contributed by atoms with Crippen molar-refractivity contribution >= 4 is 17.0 Å². The minimum absolute atomic E-state index is 0.314. The standard InChI is InChI=1S/C20H20NO3/c1-14-9-11-16(12-10-14)23-18-13-15-7-5-6-8-17(15)21(18)19(22)24-20(2,3)4/h5-12H,1-4H3. The molecule has 0 spiro atoms. The molecule has 0 aliphatic carbocycles. The van der Waals surface area contributed by atoms with Crippen LogP contribution in [0.2, 0.25) is 0 Å². The molecular formula is C20H20NO3. The maximum absolute atomic E-state index is 12.6. The van der Waals surface area contributed by atoms with Crippen LogP contribution in [0.4, 0.5) is 4.79 Å². The molecule has 0 atom stereocenters. The number of carbonyl (C=O) groups excluding carboxylic acids is 1. The van der Waals surface area contributed by atoms with Gasteiger partial charge in [-0.2, -0.15) is 0 Å². The fourth-order valence-electron chi connectivity index (χ4n) is 2.33. The van der Waals surface area contributed by atoms with Crippen molar-refractivity contribution in [1.82, 2.24) is 4.57 Å². The van der Waals surface area contributed by atoms with Gasteiger partial charge in [0.2, 0.25) is 5.88 Å². The number of ether oxygens (including phenoxy) is 2. The van der Waals surface area contributed by atoms with Gasteiger partial charge in [-0.1, -0.05) is 35.9 Å². The van der Waals surface area contributed by atoms with Gasteiger partial charge < -0.3 is 9.47 Å². The van der Waals surface area contributed by atoms with Crippen LogP contribution in [0.25, 0.3) is 10.9 Å². The maximum atomic E-state index is 12.6. The van der Waals surface area contributed by atoms with E-state index in [1.165, 1.54) is 4.57 Å². The maximum Gasteiger partial charge on any atom is 0.421 e. The summed E-state index contributed by atoms with van der Waals surface area (Å²) in [6, 6.07) is 18.3. The first-order valence-corrected chi connectivity index (χ1v) is 7.84. The van der Waals surface area contributed by atoms with E-state index in [0.29, 0.717) is 17.1 Å². The predicted octanol–water partition coefficient (Wildman–Crippen LogP) is 5.33. The van der Waals surface area contributed by atoms with Crippen LogP contribution in [0.1, 0.15) is 26.3 Å². The molecule has 0 amide bonds. The van der Waals surface area contributed by atoms with Crippen molar-refractivity contribution in [3.05, 3.63) is 60.2 Å². The average Bonchev–Trinajstić information content (AvgIpc) is 2.85. The van der Waals surface area contributed by atoms with Gasteiger partial charge in [0.1, 0.15) is 11.4 Å². The highest BCUT2D eigenvalue weighted by molar-refractivity contribution is 5.91. The number of benzene rings is 2. The van der Waals surface area contributed by atoms with Crippen molar-refractivity contribution in [2.45, 2.75) is 33.3 Å². The van der Waals surface area contributed by atoms with E-state index in [0.717, 1.165) is 10.9 Å². The number of hydrogen-bond acceptors (Lipinski definition) is 3. The average molecular weight is 322 g/mol. The number of hydrogen-bond donors (Lipinski definition) is 0. The summed E-state index contributed by atoms with van der Waals surface area (Å²) < 4.78 is 12.8. The molecule has 0 unspecified atom stereocenters. The van der Waals surface area contributed by atoms with Crippen LogP contribution < -0.4 is 4.74 Å². The quantitative estimate of drug-likeness (QED) is 0.640. The number of nitrogens with zero attached hydrogens (tertiary/aromatic N) is 1. The first kappa shape index (κ1) is 16.1. The number of carbonyl (C=O) groups is 1. The molecule has 1 heterocycles. The van der Waals surface area contributed by atoms with Crippen LogP contribution in [-0.4, -0.2) is 16.3 Å². The zero-order valence-electron chi connectivity index (χ0n) is 14.3. The van der Waals surface area contributed by atoms with Crippen LogP contribution >= 0.6 is 0 Å². The summed E-state index contributed by atoms with van der Waals surface area (Å²) in [5.74, 6) is 0.957. The van der Waals surface area contributed by atoms with E-state index in [-0.39, 0.29) is 0 Å². The van der Waals surface area contributed by atoms with Gasteiger partial charge >= 0.3 is 6.09 Å². The van der Waals surface area contributed by atoms with Crippen molar-refractivity contribution in [2.24, 2.45) is 0 Å². The Hall–Kier alpha value is -2.75. The van der Waals surface area contributed by atoms with Gasteiger partial charge in [-0.25, -0.2) is 9.36 Å². The summed E-state index contributed by atoms with van der Waals surface area (Å²) in [6.07, 6.45) is -0.484. The minimum atomic E-state index is -0.594. The fraction of sp³-hybridized carbons (Fsp3) is 0.250. The van der Waals surface area contributed by atoms with E-state index >= 15 is 0 Å². The minimum Gasteiger partial charge on any atom is -0.443 e. The first-order valence-electron chi connectivity index (χ1n) is 7.84. The number of rotatable bonds is 2. The lowest BCUT2D eigenvalue weighted by Crippen LogP contribution is -2.27. The van der Waals surface area contributed by atoms with E-state index < -0.39 is 11.7 Å². The van der Waals surface area contributed by atoms with E-state index in [9.17, 15) is 4.79 Å². The van der Waals surface area contributed by atoms with Gasteiger partial charge in [0.25, 0.3) is 0 Å². The molecule has 0 saturated heterocycles. The molecule has 0 fully saturated rings. The van der Waals surface area contributed by atoms with Gasteiger partial charge in [0.05, 0.1) is 11.6 Å². The van der Waals surface area contributed by atoms with E-state index in [2.05, 4.69) is 6.07 Å². The molecule has 123 valence electrons. The zero-order valence-corrected chi connectivity index (χ0v) is 14.3. The Labute approximate surface area is 141 Å². The summed E-state index contributed by atoms with van der Waals surface area (Å²) in [7, 11) is 0. The van der Waals surface area contributed by atoms with Gasteiger partial charge in [-0.15, -0.1) is 0 Å². The normalized spacial score (nSPS) is 11.5. The molecule has 0 bridgehead atoms. The lowest BCUT2D eigenvalue weighted by molar-refractivity contribution is 0.0535. The van der Waals surface area contributed by atoms with Gasteiger partial charge in [-0.3, -0.25) is 0 Å². The SMILES string of the molecule is Cc1ccc(Oc2[c]c3ccccc3n2C(=O)OC(C)(C)C)cc1. The van der Waals surface area contributed by atoms with Crippen LogP contribution in [0, 0.1) is 13.0 Å². The van der Waals surface area contributed by atoms with Crippen molar-refractivity contribution in [2.75, 3.05) is 0 Å². The lowest BCUT2D eigenvalue weighted by Gasteiger charge is -2.20. The highest BCUT2D eigenvalue weighted by atomic mass is 16.6. The summed E-state index contributed by atoms with van der Waals surface area (Å²) in [6.45, 7) is 7.51. The second-order valence-corrected chi connectivity index (χ2v) is 6.68. The molecule has 0 aliphatic rings. The molecular weight excluding hydrogens is 302 g/mol. The van der Waals surface area contributed by atoms with E-state index in [4.69, 9.17) is 9.47 Å². The van der Waals surface area contributed by atoms with Crippen molar-refractivity contribution < 1.29 is 14.3 Å². The Morgan fingerprint density at radius 3 is 2.38 bits per heavy atom. The highest BCUT2D eigenvalue weighted by Gasteiger charge is 2.23. The molecule has 0 saturated carbocycles. The first-order chi connectivity index (χ1) is 11.3. The summed E-state index contributed by atoms with van der Waals surface area (Å²) in [4.78, 5) is 12.6. The molecule has 2 aromatic carbocycles. The predicted molar refractivity (Wildman–Crippen MR) is 93.7 cm³/mol. The number of aromatic nitrogens is 1. The Morgan fingerprint density at radius 1 is 1.04 bits per heavy atom. The van der Waals surface area contributed by atoms with Crippen LogP contribution in [0.5, 0.6) is 11.6 Å². The topological polar surface area (TPSA) is 40.5 Å². The van der Waals surface area contributed by atoms with Crippen LogP contribution in [0.3, 0.4) is 0 Å². The lowest BCUT2D eigenvalue weighted by atomic mass is 10.2. The smallest absolute Gasteiger partial charge is 0.421 e. The highest BCUT2D eigenvalue weighted by Crippen LogP contribution is 2.29. The second kappa shape index (κ2) is 6.04. The Balaban J connectivity index is 2.04. The summed E-state index contributed by atoms with van der Waals surface area (Å²) in [5, 5.41) is 0.797. The molecule has 4 nitrogen and oxygen atoms in total. The number of fused-ring (bicyclic) bond motifs is 1. The monoisotopic (exact) mass is 322 g/mol. The Kier molecular flexibility index (Phi) is 4.06. The van der Waals surface area contributed by atoms with E-state index in [1.807, 2.05) is 76.2 Å². The summed E-state index contributed by atoms with van der Waals surface area (Å²) in [5.41, 5.74) is 1.25. The largest absolute Gasteiger partial charge is 0.443 e. The van der Waals surface area contributed by atoms with Crippen LogP contribution in [-0.2, 0) is 4.74 Å². The second-order valence-electron chi connectivity index (χ2n) is 6.68. The molecule has 0 N–H and O–H groups in total. The number of para-hydroxylation sites is 1. The third-order valence-corrected chi connectivity index (χ3v) is 3.40. The molecule has 0 aliphatic heterocycles. The third-order valence-electron chi connectivity index (χ3n) is 3.40. The molecule has 1 radical (unpaired) electrons. The molecule has 24 heavy (non-hydrogen) atoms. The fourth-order valence-corrected chi connectivity index (χ4v) is 2.33. The van der Waals surface area contributed by atoms with Gasteiger partial charge in [-0.05, 0) is 45.9 Å². The third kappa shape index (κ3) is 3.43. The van der Waals surface area contributed by atoms with Crippen LogP contribution in [0.15, 0.2) is 48.5 Å². The van der Waals surface area contributed by atoms with E-state index in [1.54, 1.807) is 0 Å². The Bertz CT molecular complexity index is 870. The van der Waals surface area contributed by atoms with Gasteiger partial charge in [0, 0.05) is 5.39 Å². The Morgan fingerprint density at radius 2 is 1.71 bits per heavy atom. The number of aryl methyl sites for hydroxylation is 1. The summed E-state index contributed by atoms with van der Waals surface area (Å²) >= 11 is 0. The molecule has 4 heteroatoms. The molecule has 1 aromatic heterocycles. The van der Waals surface area contributed by atoms with Crippen molar-refractivity contribution in [3.8, 4) is 11.6 Å². The molecule has 3 rings (SSSR count). The van der Waals surface area contributed by atoms with Crippen molar-refractivity contribution in [1.29, 1.82) is 0 Å². The van der Waals surface area contributed by atoms with Gasteiger partial charge in [0.15, 0.2) is 0 Å². The molecule has 3 aromatic rings.